The number of carboxylic acid groups (broad SMARTS) is 1. The first kappa shape index (κ1) is 16.2. The Kier molecular flexibility index (Phi) is 4.58. The average molecular weight is 299 g/mol. The zero-order valence-corrected chi connectivity index (χ0v) is 13.0. The van der Waals surface area contributed by atoms with E-state index in [4.69, 9.17) is 9.47 Å². The van der Waals surface area contributed by atoms with E-state index in [-0.39, 0.29) is 6.10 Å². The molecule has 2 atom stereocenters. The highest BCUT2D eigenvalue weighted by Crippen LogP contribution is 2.63. The summed E-state index contributed by atoms with van der Waals surface area (Å²) in [5.74, 6) is -1.09. The highest BCUT2D eigenvalue weighted by Gasteiger charge is 2.71. The number of aliphatic carboxylic acids is 1. The van der Waals surface area contributed by atoms with Gasteiger partial charge in [-0.2, -0.15) is 0 Å². The maximum atomic E-state index is 12.3. The lowest BCUT2D eigenvalue weighted by molar-refractivity contribution is -0.151. The summed E-state index contributed by atoms with van der Waals surface area (Å²) in [4.78, 5) is 23.8. The van der Waals surface area contributed by atoms with E-state index in [0.717, 1.165) is 12.8 Å². The Morgan fingerprint density at radius 3 is 2.38 bits per heavy atom. The fourth-order valence-corrected chi connectivity index (χ4v) is 3.34. The number of hydrogen-bond acceptors (Lipinski definition) is 4. The van der Waals surface area contributed by atoms with Gasteiger partial charge in [0.2, 0.25) is 5.91 Å². The summed E-state index contributed by atoms with van der Waals surface area (Å²) in [5, 5.41) is 12.2. The molecule has 2 N–H and O–H groups in total. The van der Waals surface area contributed by atoms with Gasteiger partial charge in [0.15, 0.2) is 5.41 Å². The number of carbonyl (C=O) groups excluding carboxylic acids is 1. The largest absolute Gasteiger partial charge is 0.480 e. The molecular formula is C15H25NO5. The lowest BCUT2D eigenvalue weighted by Crippen LogP contribution is -2.45. The van der Waals surface area contributed by atoms with Crippen LogP contribution in [0.1, 0.15) is 33.1 Å². The molecular weight excluding hydrogens is 274 g/mol. The van der Waals surface area contributed by atoms with Crippen molar-refractivity contribution in [3.05, 3.63) is 0 Å². The van der Waals surface area contributed by atoms with Gasteiger partial charge in [-0.25, -0.2) is 0 Å². The van der Waals surface area contributed by atoms with E-state index in [9.17, 15) is 14.7 Å². The van der Waals surface area contributed by atoms with Crippen molar-refractivity contribution in [1.82, 2.24) is 5.32 Å². The summed E-state index contributed by atoms with van der Waals surface area (Å²) in [7, 11) is 1.63. The van der Waals surface area contributed by atoms with Crippen LogP contribution in [0.4, 0.5) is 0 Å². The molecule has 2 aliphatic rings. The fraction of sp³-hybridized carbons (Fsp3) is 0.867. The van der Waals surface area contributed by atoms with Crippen molar-refractivity contribution in [2.24, 2.45) is 16.7 Å². The second-order valence-electron chi connectivity index (χ2n) is 6.71. The molecule has 6 heteroatoms. The Morgan fingerprint density at radius 1 is 1.38 bits per heavy atom. The molecule has 0 aromatic carbocycles. The maximum absolute atomic E-state index is 12.3. The molecule has 6 nitrogen and oxygen atoms in total. The standard InChI is InChI=1S/C15H25NO5/c1-14(2)9-15(14,13(18)19)12(17)16-8-11(20-3)10-4-6-21-7-5-10/h10-11H,4-9H2,1-3H3,(H,16,17)(H,18,19). The predicted octanol–water partition coefficient (Wildman–Crippen LogP) is 1.05. The van der Waals surface area contributed by atoms with Gasteiger partial charge < -0.3 is 19.9 Å². The quantitative estimate of drug-likeness (QED) is 0.716. The van der Waals surface area contributed by atoms with Gasteiger partial charge in [-0.15, -0.1) is 0 Å². The molecule has 1 aliphatic heterocycles. The monoisotopic (exact) mass is 299 g/mol. The molecule has 120 valence electrons. The molecule has 0 spiro atoms. The van der Waals surface area contributed by atoms with Crippen LogP contribution in [0.15, 0.2) is 0 Å². The van der Waals surface area contributed by atoms with Crippen LogP contribution in [0.25, 0.3) is 0 Å². The maximum Gasteiger partial charge on any atom is 0.319 e. The summed E-state index contributed by atoms with van der Waals surface area (Å²) < 4.78 is 10.8. The summed E-state index contributed by atoms with van der Waals surface area (Å²) >= 11 is 0. The van der Waals surface area contributed by atoms with E-state index in [1.807, 2.05) is 13.8 Å². The van der Waals surface area contributed by atoms with Crippen LogP contribution in [0.3, 0.4) is 0 Å². The van der Waals surface area contributed by atoms with E-state index in [0.29, 0.717) is 32.1 Å². The van der Waals surface area contributed by atoms with Crippen molar-refractivity contribution < 1.29 is 24.2 Å². The van der Waals surface area contributed by atoms with Gasteiger partial charge in [-0.05, 0) is 30.6 Å². The molecule has 0 aromatic rings. The molecule has 1 aliphatic carbocycles. The normalized spacial score (nSPS) is 29.7. The number of carbonyl (C=O) groups is 2. The number of hydrogen-bond donors (Lipinski definition) is 2. The van der Waals surface area contributed by atoms with Gasteiger partial charge in [-0.3, -0.25) is 9.59 Å². The van der Waals surface area contributed by atoms with Gasteiger partial charge in [0, 0.05) is 26.9 Å². The first-order chi connectivity index (χ1) is 9.85. The molecule has 21 heavy (non-hydrogen) atoms. The second-order valence-corrected chi connectivity index (χ2v) is 6.71. The molecule has 1 heterocycles. The number of ether oxygens (including phenoxy) is 2. The second kappa shape index (κ2) is 5.93. The van der Waals surface area contributed by atoms with Crippen molar-refractivity contribution in [2.45, 2.75) is 39.2 Å². The van der Waals surface area contributed by atoms with Gasteiger partial charge >= 0.3 is 5.97 Å². The van der Waals surface area contributed by atoms with E-state index >= 15 is 0 Å². The van der Waals surface area contributed by atoms with Crippen LogP contribution < -0.4 is 5.32 Å². The van der Waals surface area contributed by atoms with E-state index in [1.165, 1.54) is 0 Å². The lowest BCUT2D eigenvalue weighted by Gasteiger charge is -2.29. The SMILES string of the molecule is COC(CNC(=O)C1(C(=O)O)CC1(C)C)C1CCOCC1. The van der Waals surface area contributed by atoms with Gasteiger partial charge in [0.1, 0.15) is 0 Å². The van der Waals surface area contributed by atoms with Gasteiger partial charge in [0.05, 0.1) is 6.10 Å². The van der Waals surface area contributed by atoms with E-state index in [1.54, 1.807) is 7.11 Å². The summed E-state index contributed by atoms with van der Waals surface area (Å²) in [6.45, 7) is 5.40. The topological polar surface area (TPSA) is 84.9 Å². The number of carboxylic acids is 1. The van der Waals surface area contributed by atoms with Crippen LogP contribution in [-0.2, 0) is 19.1 Å². The van der Waals surface area contributed by atoms with Crippen molar-refractivity contribution in [3.8, 4) is 0 Å². The van der Waals surface area contributed by atoms with Crippen molar-refractivity contribution in [2.75, 3.05) is 26.9 Å². The minimum absolute atomic E-state index is 0.0921. The first-order valence-electron chi connectivity index (χ1n) is 7.47. The minimum atomic E-state index is -1.28. The molecule has 1 saturated carbocycles. The molecule has 2 unspecified atom stereocenters. The summed E-state index contributed by atoms with van der Waals surface area (Å²) in [6.07, 6.45) is 2.11. The highest BCUT2D eigenvalue weighted by molar-refractivity contribution is 6.06. The van der Waals surface area contributed by atoms with Gasteiger partial charge in [-0.1, -0.05) is 13.8 Å². The Balaban J connectivity index is 1.92. The molecule has 1 saturated heterocycles. The minimum Gasteiger partial charge on any atom is -0.480 e. The highest BCUT2D eigenvalue weighted by atomic mass is 16.5. The van der Waals surface area contributed by atoms with Crippen molar-refractivity contribution in [3.63, 3.8) is 0 Å². The third kappa shape index (κ3) is 2.92. The summed E-state index contributed by atoms with van der Waals surface area (Å²) in [6, 6.07) is 0. The molecule has 2 fully saturated rings. The van der Waals surface area contributed by atoms with Crippen LogP contribution >= 0.6 is 0 Å². The Bertz CT molecular complexity index is 416. The van der Waals surface area contributed by atoms with Crippen LogP contribution in [0.5, 0.6) is 0 Å². The van der Waals surface area contributed by atoms with Crippen LogP contribution in [0, 0.1) is 16.7 Å². The van der Waals surface area contributed by atoms with E-state index in [2.05, 4.69) is 5.32 Å². The van der Waals surface area contributed by atoms with Crippen molar-refractivity contribution >= 4 is 11.9 Å². The van der Waals surface area contributed by atoms with Crippen molar-refractivity contribution in [1.29, 1.82) is 0 Å². The molecule has 0 aromatic heterocycles. The number of nitrogens with one attached hydrogen (secondary N) is 1. The van der Waals surface area contributed by atoms with E-state index < -0.39 is 22.7 Å². The molecule has 1 amide bonds. The summed E-state index contributed by atoms with van der Waals surface area (Å²) in [5.41, 5.74) is -1.76. The van der Waals surface area contributed by atoms with Gasteiger partial charge in [0.25, 0.3) is 0 Å². The Morgan fingerprint density at radius 2 is 1.95 bits per heavy atom. The number of amides is 1. The smallest absolute Gasteiger partial charge is 0.319 e. The molecule has 2 rings (SSSR count). The van der Waals surface area contributed by atoms with Crippen LogP contribution in [0.2, 0.25) is 0 Å². The number of rotatable bonds is 6. The zero-order chi connectivity index (χ0) is 15.7. The predicted molar refractivity (Wildman–Crippen MR) is 75.8 cm³/mol. The number of methoxy groups -OCH3 is 1. The third-order valence-electron chi connectivity index (χ3n) is 5.05. The zero-order valence-electron chi connectivity index (χ0n) is 13.0. The van der Waals surface area contributed by atoms with Crippen LogP contribution in [-0.4, -0.2) is 50.0 Å². The Labute approximate surface area is 125 Å². The Hall–Kier alpha value is -1.14. The average Bonchev–Trinajstić information content (AvgIpc) is 3.05. The molecule has 0 radical (unpaired) electrons. The molecule has 0 bridgehead atoms. The third-order valence-corrected chi connectivity index (χ3v) is 5.05. The fourth-order valence-electron chi connectivity index (χ4n) is 3.34. The first-order valence-corrected chi connectivity index (χ1v) is 7.47. The lowest BCUT2D eigenvalue weighted by atomic mass is 9.92.